The molecule has 2 aromatic rings. The van der Waals surface area contributed by atoms with Gasteiger partial charge in [-0.1, -0.05) is 39.7 Å². The van der Waals surface area contributed by atoms with E-state index in [0.717, 1.165) is 22.4 Å². The van der Waals surface area contributed by atoms with Crippen molar-refractivity contribution in [3.05, 3.63) is 63.4 Å². The van der Waals surface area contributed by atoms with Crippen molar-refractivity contribution in [3.8, 4) is 5.75 Å². The second-order valence-electron chi connectivity index (χ2n) is 4.79. The van der Waals surface area contributed by atoms with E-state index in [4.69, 9.17) is 10.5 Å². The minimum absolute atomic E-state index is 0.222. The highest BCUT2D eigenvalue weighted by Crippen LogP contribution is 2.29. The van der Waals surface area contributed by atoms with E-state index in [1.807, 2.05) is 19.1 Å². The van der Waals surface area contributed by atoms with Crippen molar-refractivity contribution < 1.29 is 9.13 Å². The van der Waals surface area contributed by atoms with Crippen LogP contribution < -0.4 is 10.5 Å². The van der Waals surface area contributed by atoms with Gasteiger partial charge < -0.3 is 10.5 Å². The van der Waals surface area contributed by atoms with Gasteiger partial charge in [0.2, 0.25) is 0 Å². The lowest BCUT2D eigenvalue weighted by molar-refractivity contribution is 0.408. The normalized spacial score (nSPS) is 12.2. The summed E-state index contributed by atoms with van der Waals surface area (Å²) in [6.45, 7) is 2.03. The number of nitrogens with two attached hydrogens (primary N) is 1. The number of aryl methyl sites for hydroxylation is 1. The molecule has 1 unspecified atom stereocenters. The van der Waals surface area contributed by atoms with E-state index in [9.17, 15) is 4.39 Å². The van der Waals surface area contributed by atoms with Gasteiger partial charge in [0.05, 0.1) is 7.11 Å². The molecule has 1 atom stereocenters. The molecule has 0 saturated carbocycles. The van der Waals surface area contributed by atoms with Crippen LogP contribution >= 0.6 is 15.9 Å². The van der Waals surface area contributed by atoms with Crippen molar-refractivity contribution in [1.82, 2.24) is 0 Å². The van der Waals surface area contributed by atoms with Crippen LogP contribution in [-0.2, 0) is 6.42 Å². The zero-order valence-electron chi connectivity index (χ0n) is 11.5. The molecule has 106 valence electrons. The van der Waals surface area contributed by atoms with E-state index in [1.54, 1.807) is 13.2 Å². The average Bonchev–Trinajstić information content (AvgIpc) is 2.38. The summed E-state index contributed by atoms with van der Waals surface area (Å²) in [6, 6.07) is 10.4. The van der Waals surface area contributed by atoms with Crippen LogP contribution in [0.4, 0.5) is 4.39 Å². The molecule has 4 heteroatoms. The summed E-state index contributed by atoms with van der Waals surface area (Å²) < 4.78 is 19.2. The van der Waals surface area contributed by atoms with Crippen LogP contribution in [0.5, 0.6) is 5.75 Å². The maximum atomic E-state index is 13.1. The maximum Gasteiger partial charge on any atom is 0.124 e. The van der Waals surface area contributed by atoms with Crippen molar-refractivity contribution in [2.24, 2.45) is 5.73 Å². The van der Waals surface area contributed by atoms with Crippen molar-refractivity contribution in [2.75, 3.05) is 7.11 Å². The third kappa shape index (κ3) is 3.38. The Labute approximate surface area is 126 Å². The first kappa shape index (κ1) is 15.0. The second-order valence-corrected chi connectivity index (χ2v) is 5.65. The van der Waals surface area contributed by atoms with Crippen LogP contribution in [0.1, 0.15) is 22.7 Å². The number of hydrogen-bond donors (Lipinski definition) is 1. The Morgan fingerprint density at radius 1 is 1.25 bits per heavy atom. The fraction of sp³-hybridized carbons (Fsp3) is 0.250. The maximum absolute atomic E-state index is 13.1. The van der Waals surface area contributed by atoms with Gasteiger partial charge in [-0.05, 0) is 42.7 Å². The Bertz CT molecular complexity index is 615. The standard InChI is InChI=1S/C16H17BrFNO/c1-10-3-6-16(20-2)11(7-10)8-15(19)13-5-4-12(18)9-14(13)17/h3-7,9,15H,8,19H2,1-2H3. The van der Waals surface area contributed by atoms with Gasteiger partial charge in [0.15, 0.2) is 0 Å². The lowest BCUT2D eigenvalue weighted by Crippen LogP contribution is -2.14. The van der Waals surface area contributed by atoms with Crippen LogP contribution in [-0.4, -0.2) is 7.11 Å². The van der Waals surface area contributed by atoms with Crippen molar-refractivity contribution >= 4 is 15.9 Å². The van der Waals surface area contributed by atoms with Crippen molar-refractivity contribution in [3.63, 3.8) is 0 Å². The van der Waals surface area contributed by atoms with Crippen LogP contribution in [0.25, 0.3) is 0 Å². The van der Waals surface area contributed by atoms with E-state index < -0.39 is 0 Å². The lowest BCUT2D eigenvalue weighted by Gasteiger charge is -2.16. The van der Waals surface area contributed by atoms with Crippen LogP contribution in [0.3, 0.4) is 0 Å². The summed E-state index contributed by atoms with van der Waals surface area (Å²) in [5.74, 6) is 0.547. The van der Waals surface area contributed by atoms with Gasteiger partial charge in [-0.15, -0.1) is 0 Å². The highest BCUT2D eigenvalue weighted by molar-refractivity contribution is 9.10. The SMILES string of the molecule is COc1ccc(C)cc1CC(N)c1ccc(F)cc1Br. The zero-order valence-corrected chi connectivity index (χ0v) is 13.1. The van der Waals surface area contributed by atoms with Crippen LogP contribution in [0.2, 0.25) is 0 Å². The monoisotopic (exact) mass is 337 g/mol. The predicted octanol–water partition coefficient (Wildman–Crippen LogP) is 4.15. The summed E-state index contributed by atoms with van der Waals surface area (Å²) in [4.78, 5) is 0. The Balaban J connectivity index is 2.27. The number of methoxy groups -OCH3 is 1. The topological polar surface area (TPSA) is 35.2 Å². The molecule has 0 fully saturated rings. The first-order valence-corrected chi connectivity index (χ1v) is 7.14. The third-order valence-corrected chi connectivity index (χ3v) is 3.92. The molecule has 2 N–H and O–H groups in total. The first-order chi connectivity index (χ1) is 9.51. The Morgan fingerprint density at radius 2 is 2.00 bits per heavy atom. The molecule has 0 aromatic heterocycles. The molecule has 0 amide bonds. The highest BCUT2D eigenvalue weighted by atomic mass is 79.9. The summed E-state index contributed by atoms with van der Waals surface area (Å²) in [6.07, 6.45) is 0.634. The molecule has 0 bridgehead atoms. The van der Waals surface area contributed by atoms with E-state index in [2.05, 4.69) is 22.0 Å². The van der Waals surface area contributed by atoms with Crippen LogP contribution in [0.15, 0.2) is 40.9 Å². The molecule has 2 rings (SSSR count). The summed E-state index contributed by atoms with van der Waals surface area (Å²) in [7, 11) is 1.65. The molecule has 0 aliphatic carbocycles. The molecule has 0 saturated heterocycles. The molecule has 0 aliphatic rings. The number of benzene rings is 2. The summed E-state index contributed by atoms with van der Waals surface area (Å²) in [5.41, 5.74) is 9.34. The highest BCUT2D eigenvalue weighted by Gasteiger charge is 2.14. The molecular formula is C16H17BrFNO. The van der Waals surface area contributed by atoms with Gasteiger partial charge >= 0.3 is 0 Å². The number of hydrogen-bond acceptors (Lipinski definition) is 2. The van der Waals surface area contributed by atoms with E-state index in [1.165, 1.54) is 12.1 Å². The molecule has 0 radical (unpaired) electrons. The molecule has 0 aliphatic heterocycles. The number of ether oxygens (including phenoxy) is 1. The molecule has 2 nitrogen and oxygen atoms in total. The number of halogens is 2. The zero-order chi connectivity index (χ0) is 14.7. The minimum Gasteiger partial charge on any atom is -0.496 e. The van der Waals surface area contributed by atoms with E-state index in [-0.39, 0.29) is 11.9 Å². The minimum atomic E-state index is -0.277. The quantitative estimate of drug-likeness (QED) is 0.909. The predicted molar refractivity (Wildman–Crippen MR) is 82.5 cm³/mol. The number of rotatable bonds is 4. The molecule has 0 heterocycles. The summed E-state index contributed by atoms with van der Waals surface area (Å²) in [5, 5.41) is 0. The Hall–Kier alpha value is -1.39. The Kier molecular flexibility index (Phi) is 4.78. The first-order valence-electron chi connectivity index (χ1n) is 6.35. The van der Waals surface area contributed by atoms with Gasteiger partial charge in [-0.3, -0.25) is 0 Å². The van der Waals surface area contributed by atoms with Gasteiger partial charge in [-0.2, -0.15) is 0 Å². The van der Waals surface area contributed by atoms with Gasteiger partial charge in [0, 0.05) is 10.5 Å². The average molecular weight is 338 g/mol. The van der Waals surface area contributed by atoms with Crippen LogP contribution in [0, 0.1) is 12.7 Å². The molecule has 0 spiro atoms. The smallest absolute Gasteiger partial charge is 0.124 e. The second kappa shape index (κ2) is 6.37. The van der Waals surface area contributed by atoms with Crippen molar-refractivity contribution in [1.29, 1.82) is 0 Å². The van der Waals surface area contributed by atoms with Gasteiger partial charge in [0.25, 0.3) is 0 Å². The molecule has 2 aromatic carbocycles. The van der Waals surface area contributed by atoms with Crippen molar-refractivity contribution in [2.45, 2.75) is 19.4 Å². The fourth-order valence-corrected chi connectivity index (χ4v) is 2.86. The Morgan fingerprint density at radius 3 is 2.65 bits per heavy atom. The van der Waals surface area contributed by atoms with E-state index in [0.29, 0.717) is 10.9 Å². The molecule has 20 heavy (non-hydrogen) atoms. The lowest BCUT2D eigenvalue weighted by atomic mass is 9.98. The third-order valence-electron chi connectivity index (χ3n) is 3.24. The fourth-order valence-electron chi connectivity index (χ4n) is 2.22. The van der Waals surface area contributed by atoms with Gasteiger partial charge in [0.1, 0.15) is 11.6 Å². The van der Waals surface area contributed by atoms with Gasteiger partial charge in [-0.25, -0.2) is 4.39 Å². The largest absolute Gasteiger partial charge is 0.496 e. The summed E-state index contributed by atoms with van der Waals surface area (Å²) >= 11 is 3.36. The molecular weight excluding hydrogens is 321 g/mol. The van der Waals surface area contributed by atoms with E-state index >= 15 is 0 Å².